The first-order chi connectivity index (χ1) is 18.3. The summed E-state index contributed by atoms with van der Waals surface area (Å²) < 4.78 is 10.7. The van der Waals surface area contributed by atoms with E-state index in [0.717, 1.165) is 24.3 Å². The number of rotatable bonds is 9. The summed E-state index contributed by atoms with van der Waals surface area (Å²) in [6, 6.07) is 13.4. The monoisotopic (exact) mass is 535 g/mol. The van der Waals surface area contributed by atoms with Crippen LogP contribution in [0, 0.1) is 0 Å². The second-order valence-electron chi connectivity index (χ2n) is 8.73. The van der Waals surface area contributed by atoms with E-state index in [2.05, 4.69) is 23.7 Å². The number of nitrogens with zero attached hydrogens (tertiary/aromatic N) is 3. The van der Waals surface area contributed by atoms with Gasteiger partial charge in [-0.3, -0.25) is 14.6 Å². The van der Waals surface area contributed by atoms with E-state index in [9.17, 15) is 14.7 Å². The standard InChI is InChI=1S/C29H30ClN3O5/c1-5-32(6-2)20-9-7-19(8-10-20)26-25(27(34)21-15-22(30)24(38-4)16-23(21)37-3)28(35)29(36)33(26)17-18-11-13-31-14-12-18/h7-16,26,34H,5-6,17H2,1-4H3/b27-25+. The summed E-state index contributed by atoms with van der Waals surface area (Å²) >= 11 is 6.35. The van der Waals surface area contributed by atoms with Gasteiger partial charge in [-0.1, -0.05) is 23.7 Å². The molecule has 1 aliphatic rings. The van der Waals surface area contributed by atoms with Crippen molar-refractivity contribution >= 4 is 34.7 Å². The molecule has 198 valence electrons. The molecule has 1 saturated heterocycles. The number of anilines is 1. The van der Waals surface area contributed by atoms with Gasteiger partial charge in [-0.25, -0.2) is 0 Å². The van der Waals surface area contributed by atoms with E-state index in [-0.39, 0.29) is 34.2 Å². The van der Waals surface area contributed by atoms with Crippen LogP contribution in [0.4, 0.5) is 5.69 Å². The number of aliphatic hydroxyl groups excluding tert-OH is 1. The number of hydrogen-bond acceptors (Lipinski definition) is 7. The van der Waals surface area contributed by atoms with Gasteiger partial charge in [0.1, 0.15) is 17.3 Å². The largest absolute Gasteiger partial charge is 0.507 e. The third-order valence-corrected chi connectivity index (χ3v) is 7.00. The third-order valence-electron chi connectivity index (χ3n) is 6.71. The van der Waals surface area contributed by atoms with Gasteiger partial charge in [0.15, 0.2) is 0 Å². The Kier molecular flexibility index (Phi) is 8.22. The molecule has 1 atom stereocenters. The maximum Gasteiger partial charge on any atom is 0.295 e. The zero-order valence-electron chi connectivity index (χ0n) is 21.8. The number of carbonyl (C=O) groups is 2. The lowest BCUT2D eigenvalue weighted by atomic mass is 9.94. The lowest BCUT2D eigenvalue weighted by Gasteiger charge is -2.27. The summed E-state index contributed by atoms with van der Waals surface area (Å²) in [4.78, 5) is 34.5. The van der Waals surface area contributed by atoms with Crippen LogP contribution in [0.15, 0.2) is 66.5 Å². The number of ketones is 1. The maximum absolute atomic E-state index is 13.5. The highest BCUT2D eigenvalue weighted by molar-refractivity contribution is 6.46. The molecule has 4 rings (SSSR count). The summed E-state index contributed by atoms with van der Waals surface area (Å²) in [5.74, 6) is -1.27. The maximum atomic E-state index is 13.5. The molecule has 0 spiro atoms. The topological polar surface area (TPSA) is 92.2 Å². The predicted molar refractivity (Wildman–Crippen MR) is 147 cm³/mol. The molecule has 0 aliphatic carbocycles. The fraction of sp³-hybridized carbons (Fsp3) is 0.276. The third kappa shape index (κ3) is 5.04. The van der Waals surface area contributed by atoms with E-state index in [1.807, 2.05) is 24.3 Å². The van der Waals surface area contributed by atoms with Gasteiger partial charge in [0.2, 0.25) is 0 Å². The van der Waals surface area contributed by atoms with Gasteiger partial charge in [-0.05, 0) is 55.3 Å². The smallest absolute Gasteiger partial charge is 0.295 e. The number of carbonyl (C=O) groups excluding carboxylic acids is 2. The molecule has 8 nitrogen and oxygen atoms in total. The molecule has 0 saturated carbocycles. The molecule has 1 amide bonds. The van der Waals surface area contributed by atoms with E-state index in [4.69, 9.17) is 21.1 Å². The zero-order chi connectivity index (χ0) is 27.4. The first kappa shape index (κ1) is 27.0. The molecule has 38 heavy (non-hydrogen) atoms. The van der Waals surface area contributed by atoms with E-state index in [1.54, 1.807) is 24.5 Å². The van der Waals surface area contributed by atoms with Crippen molar-refractivity contribution < 1.29 is 24.2 Å². The predicted octanol–water partition coefficient (Wildman–Crippen LogP) is 5.22. The Labute approximate surface area is 227 Å². The van der Waals surface area contributed by atoms with Crippen molar-refractivity contribution in [2.75, 3.05) is 32.2 Å². The number of likely N-dealkylation sites (tertiary alicyclic amines) is 1. The van der Waals surface area contributed by atoms with Crippen LogP contribution < -0.4 is 14.4 Å². The number of hydrogen-bond donors (Lipinski definition) is 1. The molecule has 2 heterocycles. The Morgan fingerprint density at radius 2 is 1.63 bits per heavy atom. The minimum atomic E-state index is -0.834. The Bertz CT molecular complexity index is 1350. The molecular formula is C29H30ClN3O5. The number of Topliss-reactive ketones (excluding diaryl/α,β-unsaturated/α-hetero) is 1. The highest BCUT2D eigenvalue weighted by Gasteiger charge is 2.46. The van der Waals surface area contributed by atoms with Crippen molar-refractivity contribution in [1.82, 2.24) is 9.88 Å². The van der Waals surface area contributed by atoms with Crippen LogP contribution in [0.5, 0.6) is 11.5 Å². The van der Waals surface area contributed by atoms with Gasteiger partial charge >= 0.3 is 0 Å². The summed E-state index contributed by atoms with van der Waals surface area (Å²) in [5, 5.41) is 11.7. The Hall–Kier alpha value is -4.04. The van der Waals surface area contributed by atoms with Crippen LogP contribution in [0.25, 0.3) is 5.76 Å². The molecule has 3 aromatic rings. The average Bonchev–Trinajstić information content (AvgIpc) is 3.19. The number of methoxy groups -OCH3 is 2. The summed E-state index contributed by atoms with van der Waals surface area (Å²) in [5.41, 5.74) is 2.66. The van der Waals surface area contributed by atoms with Gasteiger partial charge in [0.25, 0.3) is 11.7 Å². The van der Waals surface area contributed by atoms with Crippen molar-refractivity contribution in [2.45, 2.75) is 26.4 Å². The molecular weight excluding hydrogens is 506 g/mol. The molecule has 2 aromatic carbocycles. The number of amides is 1. The molecule has 1 aliphatic heterocycles. The minimum absolute atomic E-state index is 0.0424. The Morgan fingerprint density at radius 3 is 2.21 bits per heavy atom. The van der Waals surface area contributed by atoms with E-state index >= 15 is 0 Å². The van der Waals surface area contributed by atoms with E-state index in [1.165, 1.54) is 31.3 Å². The van der Waals surface area contributed by atoms with Crippen LogP contribution >= 0.6 is 11.6 Å². The highest BCUT2D eigenvalue weighted by Crippen LogP contribution is 2.43. The van der Waals surface area contributed by atoms with Crippen LogP contribution in [-0.2, 0) is 16.1 Å². The molecule has 1 N–H and O–H groups in total. The summed E-state index contributed by atoms with van der Waals surface area (Å²) in [6.45, 7) is 6.00. The molecule has 1 aromatic heterocycles. The molecule has 1 fully saturated rings. The van der Waals surface area contributed by atoms with Crippen molar-refractivity contribution in [2.24, 2.45) is 0 Å². The number of aromatic nitrogens is 1. The van der Waals surface area contributed by atoms with Crippen molar-refractivity contribution in [1.29, 1.82) is 0 Å². The number of aliphatic hydroxyl groups is 1. The average molecular weight is 536 g/mol. The highest BCUT2D eigenvalue weighted by atomic mass is 35.5. The lowest BCUT2D eigenvalue weighted by Crippen LogP contribution is -2.29. The number of benzene rings is 2. The van der Waals surface area contributed by atoms with Gasteiger partial charge in [0.05, 0.1) is 36.4 Å². The van der Waals surface area contributed by atoms with Crippen LogP contribution in [0.1, 0.15) is 36.6 Å². The molecule has 0 radical (unpaired) electrons. The molecule has 0 bridgehead atoms. The normalized spacial score (nSPS) is 16.6. The quantitative estimate of drug-likeness (QED) is 0.228. The first-order valence-corrected chi connectivity index (χ1v) is 12.7. The van der Waals surface area contributed by atoms with Gasteiger partial charge in [-0.15, -0.1) is 0 Å². The summed E-state index contributed by atoms with van der Waals surface area (Å²) in [6.07, 6.45) is 3.26. The second-order valence-corrected chi connectivity index (χ2v) is 9.14. The van der Waals surface area contributed by atoms with E-state index in [0.29, 0.717) is 11.3 Å². The van der Waals surface area contributed by atoms with Crippen LogP contribution in [0.2, 0.25) is 5.02 Å². The summed E-state index contributed by atoms with van der Waals surface area (Å²) in [7, 11) is 2.90. The number of pyridine rings is 1. The fourth-order valence-electron chi connectivity index (χ4n) is 4.72. The van der Waals surface area contributed by atoms with Crippen molar-refractivity contribution in [3.63, 3.8) is 0 Å². The van der Waals surface area contributed by atoms with Gasteiger partial charge < -0.3 is 24.4 Å². The molecule has 9 heteroatoms. The van der Waals surface area contributed by atoms with Crippen LogP contribution in [0.3, 0.4) is 0 Å². The van der Waals surface area contributed by atoms with Crippen molar-refractivity contribution in [3.8, 4) is 11.5 Å². The van der Waals surface area contributed by atoms with Gasteiger partial charge in [0, 0.05) is 43.8 Å². The van der Waals surface area contributed by atoms with Crippen molar-refractivity contribution in [3.05, 3.63) is 88.2 Å². The lowest BCUT2D eigenvalue weighted by molar-refractivity contribution is -0.140. The second kappa shape index (κ2) is 11.6. The zero-order valence-corrected chi connectivity index (χ0v) is 22.5. The first-order valence-electron chi connectivity index (χ1n) is 12.3. The number of ether oxygens (including phenoxy) is 2. The van der Waals surface area contributed by atoms with Crippen LogP contribution in [-0.4, -0.2) is 54.0 Å². The SMILES string of the molecule is CCN(CC)c1ccc(C2/C(=C(\O)c3cc(Cl)c(OC)cc3OC)C(=O)C(=O)N2Cc2ccncc2)cc1. The minimum Gasteiger partial charge on any atom is -0.507 e. The Morgan fingerprint density at radius 1 is 1.00 bits per heavy atom. The van der Waals surface area contributed by atoms with E-state index < -0.39 is 17.7 Å². The Balaban J connectivity index is 1.89. The van der Waals surface area contributed by atoms with Gasteiger partial charge in [-0.2, -0.15) is 0 Å². The molecule has 1 unspecified atom stereocenters. The fourth-order valence-corrected chi connectivity index (χ4v) is 4.96. The number of halogens is 1.